The molecular weight excluding hydrogens is 336 g/mol. The number of aromatic nitrogens is 4. The molecule has 25 heavy (non-hydrogen) atoms. The molecule has 126 valence electrons. The zero-order valence-electron chi connectivity index (χ0n) is 13.9. The highest BCUT2D eigenvalue weighted by Crippen LogP contribution is 2.32. The maximum atomic E-state index is 12.9. The summed E-state index contributed by atoms with van der Waals surface area (Å²) in [5.74, 6) is 0. The van der Waals surface area contributed by atoms with Crippen LogP contribution < -0.4 is 5.56 Å². The van der Waals surface area contributed by atoms with Crippen molar-refractivity contribution in [1.29, 1.82) is 0 Å². The van der Waals surface area contributed by atoms with E-state index >= 15 is 0 Å². The molecule has 0 fully saturated rings. The molecule has 0 radical (unpaired) electrons. The molecular formula is C18H16N4O2S. The number of pyridine rings is 1. The molecule has 0 saturated carbocycles. The molecule has 0 aliphatic rings. The lowest BCUT2D eigenvalue weighted by Crippen LogP contribution is -2.24. The van der Waals surface area contributed by atoms with Gasteiger partial charge in [0.2, 0.25) is 0 Å². The van der Waals surface area contributed by atoms with Crippen LogP contribution >= 0.6 is 11.3 Å². The molecule has 0 bridgehead atoms. The molecule has 0 N–H and O–H groups in total. The van der Waals surface area contributed by atoms with Crippen LogP contribution in [0.1, 0.15) is 16.8 Å². The second-order valence-electron chi connectivity index (χ2n) is 5.85. The molecule has 0 aliphatic heterocycles. The van der Waals surface area contributed by atoms with Crippen molar-refractivity contribution in [2.45, 2.75) is 20.1 Å². The van der Waals surface area contributed by atoms with Crippen LogP contribution in [0.25, 0.3) is 20.4 Å². The van der Waals surface area contributed by atoms with Gasteiger partial charge in [0.1, 0.15) is 15.0 Å². The van der Waals surface area contributed by atoms with Crippen LogP contribution in [0.4, 0.5) is 0 Å². The number of benzene rings is 1. The van der Waals surface area contributed by atoms with Gasteiger partial charge in [-0.15, -0.1) is 16.4 Å². The van der Waals surface area contributed by atoms with E-state index in [9.17, 15) is 4.79 Å². The highest BCUT2D eigenvalue weighted by molar-refractivity contribution is 7.25. The van der Waals surface area contributed by atoms with E-state index in [1.807, 2.05) is 43.3 Å². The van der Waals surface area contributed by atoms with Gasteiger partial charge in [0.05, 0.1) is 13.2 Å². The van der Waals surface area contributed by atoms with Gasteiger partial charge in [-0.3, -0.25) is 4.79 Å². The van der Waals surface area contributed by atoms with E-state index in [1.54, 1.807) is 7.11 Å². The fourth-order valence-electron chi connectivity index (χ4n) is 2.92. The third-order valence-electron chi connectivity index (χ3n) is 4.00. The number of fused-ring (bicyclic) bond motifs is 3. The number of ether oxygens (including phenoxy) is 1. The van der Waals surface area contributed by atoms with Crippen LogP contribution in [-0.2, 0) is 17.9 Å². The van der Waals surface area contributed by atoms with Crippen LogP contribution in [0.5, 0.6) is 0 Å². The van der Waals surface area contributed by atoms with E-state index in [0.717, 1.165) is 27.0 Å². The Bertz CT molecular complexity index is 1120. The smallest absolute Gasteiger partial charge is 0.288 e. The Balaban J connectivity index is 1.91. The fourth-order valence-corrected chi connectivity index (χ4v) is 4.07. The number of nitrogens with zero attached hydrogens (tertiary/aromatic N) is 4. The van der Waals surface area contributed by atoms with E-state index in [-0.39, 0.29) is 5.56 Å². The monoisotopic (exact) mass is 352 g/mol. The highest BCUT2D eigenvalue weighted by atomic mass is 32.1. The first-order chi connectivity index (χ1) is 12.2. The van der Waals surface area contributed by atoms with Crippen molar-refractivity contribution in [3.05, 3.63) is 63.6 Å². The number of thiophene rings is 1. The number of methoxy groups -OCH3 is 1. The summed E-state index contributed by atoms with van der Waals surface area (Å²) in [7, 11) is 1.65. The van der Waals surface area contributed by atoms with Crippen molar-refractivity contribution in [1.82, 2.24) is 20.0 Å². The molecule has 1 aromatic carbocycles. The average molecular weight is 352 g/mol. The number of rotatable bonds is 4. The van der Waals surface area contributed by atoms with Crippen molar-refractivity contribution in [2.75, 3.05) is 7.11 Å². The number of aryl methyl sites for hydroxylation is 1. The lowest BCUT2D eigenvalue weighted by molar-refractivity contribution is 0.186. The maximum absolute atomic E-state index is 12.9. The van der Waals surface area contributed by atoms with E-state index in [2.05, 4.69) is 15.3 Å². The molecule has 0 saturated heterocycles. The maximum Gasteiger partial charge on any atom is 0.288 e. The third-order valence-corrected chi connectivity index (χ3v) is 5.06. The Kier molecular flexibility index (Phi) is 4.03. The molecule has 0 atom stereocenters. The first-order valence-electron chi connectivity index (χ1n) is 7.87. The predicted octanol–water partition coefficient (Wildman–Crippen LogP) is 2.90. The molecule has 4 rings (SSSR count). The standard InChI is InChI=1S/C18H16N4O2S/c1-11-8-13(10-24-2)14-15-16(25-17(14)19-11)18(23)22(21-20-15)9-12-6-4-3-5-7-12/h3-8H,9-10H2,1-2H3. The van der Waals surface area contributed by atoms with Crippen LogP contribution in [0.15, 0.2) is 41.2 Å². The second kappa shape index (κ2) is 6.34. The Morgan fingerprint density at radius 1 is 1.24 bits per heavy atom. The summed E-state index contributed by atoms with van der Waals surface area (Å²) >= 11 is 1.36. The van der Waals surface area contributed by atoms with Gasteiger partial charge >= 0.3 is 0 Å². The third kappa shape index (κ3) is 2.81. The molecule has 3 heterocycles. The summed E-state index contributed by atoms with van der Waals surface area (Å²) in [5.41, 5.74) is 3.34. The first kappa shape index (κ1) is 15.9. The Labute approximate surface area is 147 Å². The van der Waals surface area contributed by atoms with Gasteiger partial charge in [-0.25, -0.2) is 9.67 Å². The average Bonchev–Trinajstić information content (AvgIpc) is 2.98. The van der Waals surface area contributed by atoms with Gasteiger partial charge in [-0.05, 0) is 24.1 Å². The fraction of sp³-hybridized carbons (Fsp3) is 0.222. The minimum atomic E-state index is -0.141. The minimum Gasteiger partial charge on any atom is -0.380 e. The SMILES string of the molecule is COCc1cc(C)nc2sc3c(=O)n(Cc4ccccc4)nnc3c12. The predicted molar refractivity (Wildman–Crippen MR) is 98.0 cm³/mol. The zero-order chi connectivity index (χ0) is 17.4. The highest BCUT2D eigenvalue weighted by Gasteiger charge is 2.17. The second-order valence-corrected chi connectivity index (χ2v) is 6.85. The largest absolute Gasteiger partial charge is 0.380 e. The molecule has 0 unspecified atom stereocenters. The van der Waals surface area contributed by atoms with E-state index in [1.165, 1.54) is 16.0 Å². The van der Waals surface area contributed by atoms with Crippen molar-refractivity contribution in [3.8, 4) is 0 Å². The van der Waals surface area contributed by atoms with Gasteiger partial charge in [0.15, 0.2) is 0 Å². The quantitative estimate of drug-likeness (QED) is 0.565. The molecule has 7 heteroatoms. The van der Waals surface area contributed by atoms with Crippen LogP contribution in [-0.4, -0.2) is 27.1 Å². The summed E-state index contributed by atoms with van der Waals surface area (Å²) < 4.78 is 7.27. The molecule has 0 amide bonds. The van der Waals surface area contributed by atoms with Gasteiger partial charge in [0, 0.05) is 18.2 Å². The Hall–Kier alpha value is -2.64. The van der Waals surface area contributed by atoms with Crippen LogP contribution in [0.2, 0.25) is 0 Å². The zero-order valence-corrected chi connectivity index (χ0v) is 14.7. The Morgan fingerprint density at radius 2 is 2.04 bits per heavy atom. The van der Waals surface area contributed by atoms with Crippen molar-refractivity contribution in [2.24, 2.45) is 0 Å². The van der Waals surface area contributed by atoms with Gasteiger partial charge in [0.25, 0.3) is 5.56 Å². The number of hydrogen-bond donors (Lipinski definition) is 0. The van der Waals surface area contributed by atoms with Crippen molar-refractivity contribution in [3.63, 3.8) is 0 Å². The summed E-state index contributed by atoms with van der Waals surface area (Å²) in [5, 5.41) is 9.33. The number of hydrogen-bond acceptors (Lipinski definition) is 6. The lowest BCUT2D eigenvalue weighted by atomic mass is 10.1. The molecule has 3 aromatic heterocycles. The summed E-state index contributed by atoms with van der Waals surface area (Å²) in [6, 6.07) is 11.7. The van der Waals surface area contributed by atoms with E-state index < -0.39 is 0 Å². The van der Waals surface area contributed by atoms with Crippen LogP contribution in [0, 0.1) is 6.92 Å². The summed E-state index contributed by atoms with van der Waals surface area (Å²) in [6.45, 7) is 2.77. The summed E-state index contributed by atoms with van der Waals surface area (Å²) in [6.07, 6.45) is 0. The summed E-state index contributed by atoms with van der Waals surface area (Å²) in [4.78, 5) is 18.2. The van der Waals surface area contributed by atoms with E-state index in [0.29, 0.717) is 23.4 Å². The van der Waals surface area contributed by atoms with Crippen molar-refractivity contribution >= 4 is 31.8 Å². The minimum absolute atomic E-state index is 0.141. The normalized spacial score (nSPS) is 11.4. The molecule has 6 nitrogen and oxygen atoms in total. The first-order valence-corrected chi connectivity index (χ1v) is 8.68. The lowest BCUT2D eigenvalue weighted by Gasteiger charge is -2.05. The van der Waals surface area contributed by atoms with Gasteiger partial charge in [-0.1, -0.05) is 35.5 Å². The van der Waals surface area contributed by atoms with Crippen LogP contribution in [0.3, 0.4) is 0 Å². The van der Waals surface area contributed by atoms with E-state index in [4.69, 9.17) is 4.74 Å². The molecule has 0 aliphatic carbocycles. The van der Waals surface area contributed by atoms with Gasteiger partial charge in [-0.2, -0.15) is 0 Å². The van der Waals surface area contributed by atoms with Gasteiger partial charge < -0.3 is 4.74 Å². The van der Waals surface area contributed by atoms with Crippen molar-refractivity contribution < 1.29 is 4.74 Å². The topological polar surface area (TPSA) is 69.9 Å². The molecule has 0 spiro atoms. The molecule has 4 aromatic rings. The Morgan fingerprint density at radius 3 is 2.80 bits per heavy atom.